The molecule has 2 atom stereocenters. The number of nitrogens with one attached hydrogen (secondary N) is 2. The second-order valence-corrected chi connectivity index (χ2v) is 6.34. The third kappa shape index (κ3) is 3.81. The van der Waals surface area contributed by atoms with Gasteiger partial charge in [-0.05, 0) is 37.5 Å². The Balaban J connectivity index is 2.17. The third-order valence-electron chi connectivity index (χ3n) is 4.47. The van der Waals surface area contributed by atoms with Crippen molar-refractivity contribution in [3.63, 3.8) is 0 Å². The van der Waals surface area contributed by atoms with Gasteiger partial charge in [-0.1, -0.05) is 32.4 Å². The summed E-state index contributed by atoms with van der Waals surface area (Å²) in [4.78, 5) is 38.2. The van der Waals surface area contributed by atoms with E-state index in [1.165, 1.54) is 24.3 Å². The lowest BCUT2D eigenvalue weighted by atomic mass is 9.87. The zero-order chi connectivity index (χ0) is 18.6. The second-order valence-electron chi connectivity index (χ2n) is 6.34. The van der Waals surface area contributed by atoms with Crippen LogP contribution in [0.25, 0.3) is 0 Å². The van der Waals surface area contributed by atoms with Crippen LogP contribution >= 0.6 is 0 Å². The zero-order valence-corrected chi connectivity index (χ0v) is 14.8. The Kier molecular flexibility index (Phi) is 5.77. The summed E-state index contributed by atoms with van der Waals surface area (Å²) in [5, 5.41) is 5.45. The summed E-state index contributed by atoms with van der Waals surface area (Å²) in [7, 11) is 0. The predicted octanol–water partition coefficient (Wildman–Crippen LogP) is 2.29. The van der Waals surface area contributed by atoms with Crippen molar-refractivity contribution in [1.82, 2.24) is 15.5 Å². The Labute approximate surface area is 146 Å². The van der Waals surface area contributed by atoms with Crippen LogP contribution in [0.15, 0.2) is 24.3 Å². The quantitative estimate of drug-likeness (QED) is 0.742. The van der Waals surface area contributed by atoms with Gasteiger partial charge in [-0.3, -0.25) is 14.5 Å². The lowest BCUT2D eigenvalue weighted by molar-refractivity contribution is -0.135. The van der Waals surface area contributed by atoms with Crippen molar-refractivity contribution in [1.29, 1.82) is 0 Å². The van der Waals surface area contributed by atoms with E-state index in [1.54, 1.807) is 6.92 Å². The molecule has 0 aromatic heterocycles. The molecule has 136 valence electrons. The molecule has 1 aromatic carbocycles. The number of imide groups is 1. The van der Waals surface area contributed by atoms with Gasteiger partial charge in [-0.2, -0.15) is 0 Å². The van der Waals surface area contributed by atoms with E-state index in [9.17, 15) is 18.8 Å². The first-order chi connectivity index (χ1) is 11.8. The summed E-state index contributed by atoms with van der Waals surface area (Å²) < 4.78 is 13.2. The van der Waals surface area contributed by atoms with Crippen molar-refractivity contribution in [2.24, 2.45) is 0 Å². The van der Waals surface area contributed by atoms with Crippen molar-refractivity contribution in [2.75, 3.05) is 6.54 Å². The summed E-state index contributed by atoms with van der Waals surface area (Å²) in [5.41, 5.74) is -0.767. The van der Waals surface area contributed by atoms with Gasteiger partial charge in [0.1, 0.15) is 17.9 Å². The SMILES string of the molecule is CCC[C@@H](C)NC(=O)CN1C(=O)N[C@@](CC)(c2ccc(F)cc2)C1=O. The molecule has 1 aliphatic rings. The third-order valence-corrected chi connectivity index (χ3v) is 4.47. The standard InChI is InChI=1S/C18H24FN3O3/c1-4-6-12(3)20-15(23)11-22-16(24)18(5-2,21-17(22)25)13-7-9-14(19)10-8-13/h7-10,12H,4-6,11H2,1-3H3,(H,20,23)(H,21,25)/t12-,18+/m1/s1. The summed E-state index contributed by atoms with van der Waals surface area (Å²) >= 11 is 0. The van der Waals surface area contributed by atoms with E-state index in [1.807, 2.05) is 13.8 Å². The van der Waals surface area contributed by atoms with Gasteiger partial charge in [-0.15, -0.1) is 0 Å². The fourth-order valence-electron chi connectivity index (χ4n) is 3.11. The largest absolute Gasteiger partial charge is 0.352 e. The first-order valence-corrected chi connectivity index (χ1v) is 8.53. The first kappa shape index (κ1) is 18.9. The van der Waals surface area contributed by atoms with Crippen LogP contribution < -0.4 is 10.6 Å². The second kappa shape index (κ2) is 7.63. The normalized spacial score (nSPS) is 21.2. The molecule has 4 amide bonds. The van der Waals surface area contributed by atoms with Crippen LogP contribution in [0.1, 0.15) is 45.6 Å². The summed E-state index contributed by atoms with van der Waals surface area (Å²) in [5.74, 6) is -1.30. The van der Waals surface area contributed by atoms with E-state index in [0.29, 0.717) is 12.0 Å². The van der Waals surface area contributed by atoms with Gasteiger partial charge in [0.25, 0.3) is 5.91 Å². The molecule has 0 aliphatic carbocycles. The van der Waals surface area contributed by atoms with Crippen LogP contribution in [0.4, 0.5) is 9.18 Å². The number of carbonyl (C=O) groups is 3. The summed E-state index contributed by atoms with van der Waals surface area (Å²) in [6.07, 6.45) is 2.04. The number of halogens is 1. The maximum atomic E-state index is 13.2. The number of benzene rings is 1. The van der Waals surface area contributed by atoms with Gasteiger partial charge in [0, 0.05) is 6.04 Å². The van der Waals surface area contributed by atoms with Gasteiger partial charge < -0.3 is 10.6 Å². The molecule has 1 saturated heterocycles. The van der Waals surface area contributed by atoms with Gasteiger partial charge in [0.2, 0.25) is 5.91 Å². The smallest absolute Gasteiger partial charge is 0.325 e. The van der Waals surface area contributed by atoms with Crippen LogP contribution in [0.2, 0.25) is 0 Å². The molecule has 1 aromatic rings. The molecule has 0 unspecified atom stereocenters. The number of rotatable bonds is 7. The highest BCUT2D eigenvalue weighted by molar-refractivity contribution is 6.09. The summed E-state index contributed by atoms with van der Waals surface area (Å²) in [6, 6.07) is 4.80. The number of amides is 4. The minimum Gasteiger partial charge on any atom is -0.352 e. The molecule has 0 saturated carbocycles. The number of urea groups is 1. The molecular weight excluding hydrogens is 325 g/mol. The van der Waals surface area contributed by atoms with Crippen molar-refractivity contribution in [2.45, 2.75) is 51.6 Å². The Bertz CT molecular complexity index is 662. The number of nitrogens with zero attached hydrogens (tertiary/aromatic N) is 1. The molecule has 25 heavy (non-hydrogen) atoms. The van der Waals surface area contributed by atoms with Crippen molar-refractivity contribution in [3.8, 4) is 0 Å². The minimum atomic E-state index is -1.26. The van der Waals surface area contributed by atoms with E-state index in [-0.39, 0.29) is 18.5 Å². The highest BCUT2D eigenvalue weighted by Crippen LogP contribution is 2.32. The molecule has 7 heteroatoms. The lowest BCUT2D eigenvalue weighted by Gasteiger charge is -2.25. The topological polar surface area (TPSA) is 78.5 Å². The Hall–Kier alpha value is -2.44. The Morgan fingerprint density at radius 2 is 1.92 bits per heavy atom. The molecule has 1 aliphatic heterocycles. The van der Waals surface area contributed by atoms with E-state index in [4.69, 9.17) is 0 Å². The van der Waals surface area contributed by atoms with Crippen LogP contribution in [-0.2, 0) is 15.1 Å². The van der Waals surface area contributed by atoms with E-state index in [2.05, 4.69) is 10.6 Å². The Morgan fingerprint density at radius 3 is 2.48 bits per heavy atom. The highest BCUT2D eigenvalue weighted by Gasteiger charge is 2.51. The molecule has 0 spiro atoms. The number of hydrogen-bond donors (Lipinski definition) is 2. The van der Waals surface area contributed by atoms with Crippen LogP contribution in [0.3, 0.4) is 0 Å². The molecular formula is C18H24FN3O3. The fourth-order valence-corrected chi connectivity index (χ4v) is 3.11. The van der Waals surface area contributed by atoms with Gasteiger partial charge >= 0.3 is 6.03 Å². The average Bonchev–Trinajstić information content (AvgIpc) is 2.80. The van der Waals surface area contributed by atoms with E-state index in [0.717, 1.165) is 17.7 Å². The van der Waals surface area contributed by atoms with Gasteiger partial charge in [-0.25, -0.2) is 9.18 Å². The molecule has 2 rings (SSSR count). The minimum absolute atomic E-state index is 0.0219. The van der Waals surface area contributed by atoms with Crippen LogP contribution in [0.5, 0.6) is 0 Å². The molecule has 0 bridgehead atoms. The molecule has 6 nitrogen and oxygen atoms in total. The fraction of sp³-hybridized carbons (Fsp3) is 0.500. The molecule has 1 fully saturated rings. The van der Waals surface area contributed by atoms with E-state index >= 15 is 0 Å². The van der Waals surface area contributed by atoms with Crippen molar-refractivity contribution < 1.29 is 18.8 Å². The lowest BCUT2D eigenvalue weighted by Crippen LogP contribution is -2.45. The predicted molar refractivity (Wildman–Crippen MR) is 91.1 cm³/mol. The van der Waals surface area contributed by atoms with E-state index < -0.39 is 23.3 Å². The van der Waals surface area contributed by atoms with Crippen molar-refractivity contribution in [3.05, 3.63) is 35.6 Å². The van der Waals surface area contributed by atoms with Gasteiger partial charge in [0.15, 0.2) is 0 Å². The Morgan fingerprint density at radius 1 is 1.28 bits per heavy atom. The average molecular weight is 349 g/mol. The monoisotopic (exact) mass is 349 g/mol. The van der Waals surface area contributed by atoms with Crippen LogP contribution in [-0.4, -0.2) is 35.3 Å². The number of carbonyl (C=O) groups excluding carboxylic acids is 3. The highest BCUT2D eigenvalue weighted by atomic mass is 19.1. The van der Waals surface area contributed by atoms with Crippen molar-refractivity contribution >= 4 is 17.8 Å². The molecule has 1 heterocycles. The zero-order valence-electron chi connectivity index (χ0n) is 14.8. The van der Waals surface area contributed by atoms with Crippen LogP contribution in [0, 0.1) is 5.82 Å². The molecule has 2 N–H and O–H groups in total. The van der Waals surface area contributed by atoms with Gasteiger partial charge in [0.05, 0.1) is 0 Å². The molecule has 0 radical (unpaired) electrons. The maximum absolute atomic E-state index is 13.2. The summed E-state index contributed by atoms with van der Waals surface area (Å²) in [6.45, 7) is 5.32. The first-order valence-electron chi connectivity index (χ1n) is 8.53. The number of hydrogen-bond acceptors (Lipinski definition) is 3. The maximum Gasteiger partial charge on any atom is 0.325 e.